The number of hydrogen-bond acceptors (Lipinski definition) is 4. The smallest absolute Gasteiger partial charge is 0.334 e. The van der Waals surface area contributed by atoms with E-state index >= 15 is 0 Å². The molecule has 90 valence electrons. The van der Waals surface area contributed by atoms with Crippen molar-refractivity contribution in [3.8, 4) is 5.69 Å². The third-order valence-corrected chi connectivity index (χ3v) is 2.93. The second kappa shape index (κ2) is 4.10. The number of nitrogens with zero attached hydrogens (tertiary/aromatic N) is 3. The molecule has 5 heteroatoms. The molecule has 0 aliphatic carbocycles. The Morgan fingerprint density at radius 2 is 2.22 bits per heavy atom. The molecular formula is C13H11N3O2. The Morgan fingerprint density at radius 3 is 3.06 bits per heavy atom. The Bertz CT molecular complexity index is 643. The van der Waals surface area contributed by atoms with Crippen molar-refractivity contribution in [2.45, 2.75) is 6.42 Å². The van der Waals surface area contributed by atoms with Gasteiger partial charge in [0.15, 0.2) is 0 Å². The number of fused-ring (bicyclic) bond motifs is 3. The summed E-state index contributed by atoms with van der Waals surface area (Å²) in [6.45, 7) is 0. The van der Waals surface area contributed by atoms with Crippen LogP contribution >= 0.6 is 0 Å². The van der Waals surface area contributed by atoms with Crippen LogP contribution in [0.3, 0.4) is 0 Å². The first-order valence-electron chi connectivity index (χ1n) is 5.57. The molecule has 1 aromatic heterocycles. The molecule has 0 radical (unpaired) electrons. The molecule has 0 unspecified atom stereocenters. The van der Waals surface area contributed by atoms with Gasteiger partial charge in [0, 0.05) is 17.6 Å². The summed E-state index contributed by atoms with van der Waals surface area (Å²) >= 11 is 0. The Morgan fingerprint density at radius 1 is 1.39 bits per heavy atom. The first kappa shape index (κ1) is 10.7. The van der Waals surface area contributed by atoms with Crippen molar-refractivity contribution in [2.24, 2.45) is 0 Å². The zero-order chi connectivity index (χ0) is 12.5. The molecular weight excluding hydrogens is 230 g/mol. The predicted molar refractivity (Wildman–Crippen MR) is 65.1 cm³/mol. The maximum atomic E-state index is 11.7. The van der Waals surface area contributed by atoms with Crippen LogP contribution in [0.25, 0.3) is 11.8 Å². The molecule has 1 aliphatic rings. The maximum Gasteiger partial charge on any atom is 0.334 e. The van der Waals surface area contributed by atoms with Crippen molar-refractivity contribution >= 4 is 12.0 Å². The Hall–Kier alpha value is -2.43. The fraction of sp³-hybridized carbons (Fsp3) is 0.154. The lowest BCUT2D eigenvalue weighted by atomic mass is 10.1. The molecule has 0 saturated carbocycles. The lowest BCUT2D eigenvalue weighted by molar-refractivity contribution is -0.136. The van der Waals surface area contributed by atoms with E-state index in [0.717, 1.165) is 16.9 Å². The summed E-state index contributed by atoms with van der Waals surface area (Å²) in [7, 11) is 1.38. The number of benzene rings is 1. The molecule has 2 aromatic rings. The summed E-state index contributed by atoms with van der Waals surface area (Å²) < 4.78 is 6.55. The van der Waals surface area contributed by atoms with Crippen LogP contribution in [0.4, 0.5) is 0 Å². The number of aromatic nitrogens is 3. The number of para-hydroxylation sites is 1. The highest BCUT2D eigenvalue weighted by atomic mass is 16.5. The van der Waals surface area contributed by atoms with Crippen molar-refractivity contribution in [1.29, 1.82) is 0 Å². The predicted octanol–water partition coefficient (Wildman–Crippen LogP) is 1.38. The number of carbonyl (C=O) groups excluding carboxylic acids is 1. The van der Waals surface area contributed by atoms with Crippen LogP contribution in [0.1, 0.15) is 11.3 Å². The van der Waals surface area contributed by atoms with Gasteiger partial charge in [-0.3, -0.25) is 0 Å². The fourth-order valence-electron chi connectivity index (χ4n) is 2.08. The molecule has 0 N–H and O–H groups in total. The van der Waals surface area contributed by atoms with Gasteiger partial charge in [-0.2, -0.15) is 0 Å². The molecule has 0 bridgehead atoms. The standard InChI is InChI=1S/C13H11N3O2/c1-18-13(17)10-6-9-4-2-3-5-12(9)16-11(7-10)8-14-15-16/h2-6,8H,7H2,1H3. The van der Waals surface area contributed by atoms with E-state index in [-0.39, 0.29) is 5.97 Å². The molecule has 0 fully saturated rings. The fourth-order valence-corrected chi connectivity index (χ4v) is 2.08. The minimum atomic E-state index is -0.320. The summed E-state index contributed by atoms with van der Waals surface area (Å²) in [5.74, 6) is -0.320. The summed E-state index contributed by atoms with van der Waals surface area (Å²) in [5.41, 5.74) is 3.33. The molecule has 2 heterocycles. The van der Waals surface area contributed by atoms with Gasteiger partial charge in [0.1, 0.15) is 0 Å². The van der Waals surface area contributed by atoms with Crippen molar-refractivity contribution in [2.75, 3.05) is 7.11 Å². The highest BCUT2D eigenvalue weighted by Crippen LogP contribution is 2.24. The normalized spacial score (nSPS) is 13.1. The Balaban J connectivity index is 2.22. The third-order valence-electron chi connectivity index (χ3n) is 2.93. The SMILES string of the molecule is COC(=O)C1=Cc2ccccc2-n2nncc2C1. The monoisotopic (exact) mass is 241 g/mol. The molecule has 0 saturated heterocycles. The number of methoxy groups -OCH3 is 1. The van der Waals surface area contributed by atoms with Gasteiger partial charge in [-0.1, -0.05) is 23.4 Å². The minimum Gasteiger partial charge on any atom is -0.466 e. The lowest BCUT2D eigenvalue weighted by Gasteiger charge is -2.04. The van der Waals surface area contributed by atoms with Crippen LogP contribution in [0.2, 0.25) is 0 Å². The average Bonchev–Trinajstić information content (AvgIpc) is 2.80. The Kier molecular flexibility index (Phi) is 2.44. The molecule has 0 spiro atoms. The van der Waals surface area contributed by atoms with E-state index in [1.165, 1.54) is 7.11 Å². The first-order chi connectivity index (χ1) is 8.79. The van der Waals surface area contributed by atoms with E-state index in [4.69, 9.17) is 4.74 Å². The summed E-state index contributed by atoms with van der Waals surface area (Å²) in [4.78, 5) is 11.7. The second-order valence-corrected chi connectivity index (χ2v) is 4.03. The van der Waals surface area contributed by atoms with Gasteiger partial charge in [0.05, 0.1) is 24.7 Å². The average molecular weight is 241 g/mol. The van der Waals surface area contributed by atoms with E-state index in [9.17, 15) is 4.79 Å². The van der Waals surface area contributed by atoms with Crippen molar-refractivity contribution in [3.63, 3.8) is 0 Å². The van der Waals surface area contributed by atoms with E-state index in [1.807, 2.05) is 30.3 Å². The molecule has 0 atom stereocenters. The molecule has 3 rings (SSSR count). The molecule has 18 heavy (non-hydrogen) atoms. The van der Waals surface area contributed by atoms with Crippen LogP contribution in [-0.2, 0) is 16.0 Å². The molecule has 1 aromatic carbocycles. The third kappa shape index (κ3) is 1.60. The van der Waals surface area contributed by atoms with E-state index in [0.29, 0.717) is 12.0 Å². The van der Waals surface area contributed by atoms with Gasteiger partial charge < -0.3 is 4.74 Å². The number of hydrogen-bond donors (Lipinski definition) is 0. The van der Waals surface area contributed by atoms with Crippen molar-refractivity contribution < 1.29 is 9.53 Å². The second-order valence-electron chi connectivity index (χ2n) is 4.03. The van der Waals surface area contributed by atoms with Crippen LogP contribution in [0, 0.1) is 0 Å². The van der Waals surface area contributed by atoms with E-state index in [2.05, 4.69) is 10.3 Å². The molecule has 1 aliphatic heterocycles. The van der Waals surface area contributed by atoms with Crippen LogP contribution in [0.15, 0.2) is 36.0 Å². The number of carbonyl (C=O) groups is 1. The quantitative estimate of drug-likeness (QED) is 0.708. The van der Waals surface area contributed by atoms with Crippen LogP contribution < -0.4 is 0 Å². The molecule has 5 nitrogen and oxygen atoms in total. The molecule has 0 amide bonds. The Labute approximate surface area is 104 Å². The zero-order valence-electron chi connectivity index (χ0n) is 9.83. The number of ether oxygens (including phenoxy) is 1. The van der Waals surface area contributed by atoms with Gasteiger partial charge in [0.25, 0.3) is 0 Å². The zero-order valence-corrected chi connectivity index (χ0v) is 9.83. The first-order valence-corrected chi connectivity index (χ1v) is 5.57. The van der Waals surface area contributed by atoms with Gasteiger partial charge in [-0.15, -0.1) is 5.10 Å². The summed E-state index contributed by atoms with van der Waals surface area (Å²) in [5, 5.41) is 7.96. The topological polar surface area (TPSA) is 57.0 Å². The highest BCUT2D eigenvalue weighted by Gasteiger charge is 2.20. The summed E-state index contributed by atoms with van der Waals surface area (Å²) in [6.07, 6.45) is 3.98. The van der Waals surface area contributed by atoms with Gasteiger partial charge in [-0.05, 0) is 12.1 Å². The van der Waals surface area contributed by atoms with Crippen molar-refractivity contribution in [3.05, 3.63) is 47.3 Å². The maximum absolute atomic E-state index is 11.7. The van der Waals surface area contributed by atoms with Crippen molar-refractivity contribution in [1.82, 2.24) is 15.0 Å². The van der Waals surface area contributed by atoms with Gasteiger partial charge in [0.2, 0.25) is 0 Å². The highest BCUT2D eigenvalue weighted by molar-refractivity contribution is 5.95. The lowest BCUT2D eigenvalue weighted by Crippen LogP contribution is -2.08. The largest absolute Gasteiger partial charge is 0.466 e. The minimum absolute atomic E-state index is 0.320. The van der Waals surface area contributed by atoms with Gasteiger partial charge in [-0.25, -0.2) is 9.48 Å². The number of rotatable bonds is 1. The summed E-state index contributed by atoms with van der Waals surface area (Å²) in [6, 6.07) is 7.74. The van der Waals surface area contributed by atoms with E-state index < -0.39 is 0 Å². The van der Waals surface area contributed by atoms with E-state index in [1.54, 1.807) is 10.9 Å². The van der Waals surface area contributed by atoms with Crippen LogP contribution in [0.5, 0.6) is 0 Å². The number of esters is 1. The van der Waals surface area contributed by atoms with Gasteiger partial charge >= 0.3 is 5.97 Å². The van der Waals surface area contributed by atoms with Crippen LogP contribution in [-0.4, -0.2) is 28.1 Å².